The summed E-state index contributed by atoms with van der Waals surface area (Å²) in [6.45, 7) is 0.221. The summed E-state index contributed by atoms with van der Waals surface area (Å²) in [5, 5.41) is 1.00. The minimum absolute atomic E-state index is 0.126. The molecular formula is C13H14N2O2. The molecule has 0 aliphatic heterocycles. The molecule has 1 aromatic carbocycles. The molecular weight excluding hydrogens is 216 g/mol. The normalized spacial score (nSPS) is 12.6. The van der Waals surface area contributed by atoms with Crippen molar-refractivity contribution in [3.8, 4) is 0 Å². The lowest BCUT2D eigenvalue weighted by Gasteiger charge is -2.09. The van der Waals surface area contributed by atoms with Crippen LogP contribution in [0.4, 0.5) is 0 Å². The fourth-order valence-electron chi connectivity index (χ4n) is 1.69. The summed E-state index contributed by atoms with van der Waals surface area (Å²) in [4.78, 5) is 16.2. The molecule has 1 unspecified atom stereocenters. The van der Waals surface area contributed by atoms with E-state index in [0.717, 1.165) is 10.9 Å². The van der Waals surface area contributed by atoms with Gasteiger partial charge in [0.1, 0.15) is 0 Å². The van der Waals surface area contributed by atoms with Crippen LogP contribution in [0, 0.1) is 0 Å². The van der Waals surface area contributed by atoms with Gasteiger partial charge in [0.25, 0.3) is 0 Å². The highest BCUT2D eigenvalue weighted by Crippen LogP contribution is 2.14. The number of nitrogens with two attached hydrogens (primary N) is 1. The molecule has 2 rings (SSSR count). The second kappa shape index (κ2) is 5.03. The summed E-state index contributed by atoms with van der Waals surface area (Å²) < 4.78 is 4.87. The zero-order valence-corrected chi connectivity index (χ0v) is 9.59. The van der Waals surface area contributed by atoms with Crippen LogP contribution >= 0.6 is 0 Å². The Morgan fingerprint density at radius 1 is 1.47 bits per heavy atom. The van der Waals surface area contributed by atoms with Crippen molar-refractivity contribution in [1.82, 2.24) is 4.98 Å². The van der Waals surface area contributed by atoms with Crippen molar-refractivity contribution < 1.29 is 9.53 Å². The number of carbonyl (C=O) groups is 1. The summed E-state index contributed by atoms with van der Waals surface area (Å²) >= 11 is 0. The number of nitrogens with zero attached hydrogens (tertiary/aromatic N) is 1. The highest BCUT2D eigenvalue weighted by atomic mass is 16.5. The van der Waals surface area contributed by atoms with Crippen molar-refractivity contribution in [3.05, 3.63) is 42.1 Å². The lowest BCUT2D eigenvalue weighted by molar-refractivity contribution is 0.0892. The first kappa shape index (κ1) is 11.7. The third-order valence-electron chi connectivity index (χ3n) is 2.57. The van der Waals surface area contributed by atoms with Crippen LogP contribution in [0.1, 0.15) is 10.4 Å². The third kappa shape index (κ3) is 2.49. The number of benzene rings is 1. The largest absolute Gasteiger partial charge is 0.383 e. The van der Waals surface area contributed by atoms with E-state index < -0.39 is 6.04 Å². The second-order valence-corrected chi connectivity index (χ2v) is 3.84. The quantitative estimate of drug-likeness (QED) is 0.806. The monoisotopic (exact) mass is 230 g/mol. The molecule has 4 nitrogen and oxygen atoms in total. The van der Waals surface area contributed by atoms with Gasteiger partial charge < -0.3 is 10.5 Å². The minimum Gasteiger partial charge on any atom is -0.383 e. The highest BCUT2D eigenvalue weighted by molar-refractivity contribution is 6.02. The molecule has 2 N–H and O–H groups in total. The van der Waals surface area contributed by atoms with E-state index in [4.69, 9.17) is 10.5 Å². The summed E-state index contributed by atoms with van der Waals surface area (Å²) in [6, 6.07) is 8.58. The van der Waals surface area contributed by atoms with E-state index in [1.165, 1.54) is 7.11 Å². The molecule has 0 spiro atoms. The third-order valence-corrected chi connectivity index (χ3v) is 2.57. The number of ether oxygens (including phenoxy) is 1. The summed E-state index contributed by atoms with van der Waals surface area (Å²) in [5.41, 5.74) is 7.07. The fraction of sp³-hybridized carbons (Fsp3) is 0.231. The van der Waals surface area contributed by atoms with Crippen LogP contribution in [0.5, 0.6) is 0 Å². The zero-order chi connectivity index (χ0) is 12.3. The maximum atomic E-state index is 11.9. The van der Waals surface area contributed by atoms with Crippen LogP contribution < -0.4 is 5.73 Å². The van der Waals surface area contributed by atoms with Crippen molar-refractivity contribution in [2.24, 2.45) is 5.73 Å². The molecule has 17 heavy (non-hydrogen) atoms. The maximum absolute atomic E-state index is 11.9. The smallest absolute Gasteiger partial charge is 0.181 e. The summed E-state index contributed by atoms with van der Waals surface area (Å²) in [7, 11) is 1.52. The Kier molecular flexibility index (Phi) is 3.46. The van der Waals surface area contributed by atoms with Crippen LogP contribution in [-0.4, -0.2) is 30.5 Å². The number of carbonyl (C=O) groups excluding carboxylic acids is 1. The van der Waals surface area contributed by atoms with Crippen LogP contribution in [0.25, 0.3) is 10.9 Å². The van der Waals surface area contributed by atoms with E-state index in [0.29, 0.717) is 5.56 Å². The number of hydrogen-bond donors (Lipinski definition) is 1. The molecule has 88 valence electrons. The van der Waals surface area contributed by atoms with Crippen molar-refractivity contribution in [2.45, 2.75) is 6.04 Å². The SMILES string of the molecule is COCC(N)C(=O)c1ccc2cccnc2c1. The van der Waals surface area contributed by atoms with Crippen LogP contribution in [-0.2, 0) is 4.74 Å². The predicted octanol–water partition coefficient (Wildman–Crippen LogP) is 1.39. The molecule has 1 heterocycles. The van der Waals surface area contributed by atoms with Gasteiger partial charge >= 0.3 is 0 Å². The van der Waals surface area contributed by atoms with Gasteiger partial charge in [-0.1, -0.05) is 18.2 Å². The van der Waals surface area contributed by atoms with Crippen molar-refractivity contribution in [1.29, 1.82) is 0 Å². The Morgan fingerprint density at radius 3 is 3.06 bits per heavy atom. The van der Waals surface area contributed by atoms with Gasteiger partial charge in [-0.15, -0.1) is 0 Å². The maximum Gasteiger partial charge on any atom is 0.181 e. The highest BCUT2D eigenvalue weighted by Gasteiger charge is 2.15. The Bertz CT molecular complexity index is 540. The Balaban J connectivity index is 2.33. The number of pyridine rings is 1. The molecule has 0 aliphatic rings. The molecule has 0 fully saturated rings. The van der Waals surface area contributed by atoms with Crippen LogP contribution in [0.15, 0.2) is 36.5 Å². The van der Waals surface area contributed by atoms with Crippen molar-refractivity contribution >= 4 is 16.7 Å². The van der Waals surface area contributed by atoms with Gasteiger partial charge in [0.2, 0.25) is 0 Å². The minimum atomic E-state index is -0.624. The average molecular weight is 230 g/mol. The molecule has 0 amide bonds. The Hall–Kier alpha value is -1.78. The fourth-order valence-corrected chi connectivity index (χ4v) is 1.69. The number of fused-ring (bicyclic) bond motifs is 1. The first-order valence-corrected chi connectivity index (χ1v) is 5.36. The topological polar surface area (TPSA) is 65.2 Å². The average Bonchev–Trinajstić information content (AvgIpc) is 2.37. The summed E-state index contributed by atoms with van der Waals surface area (Å²) in [5.74, 6) is -0.126. The van der Waals surface area contributed by atoms with E-state index in [1.807, 2.05) is 18.2 Å². The Morgan fingerprint density at radius 2 is 2.29 bits per heavy atom. The number of ketones is 1. The lowest BCUT2D eigenvalue weighted by Crippen LogP contribution is -2.34. The van der Waals surface area contributed by atoms with Gasteiger partial charge in [-0.2, -0.15) is 0 Å². The van der Waals surface area contributed by atoms with Gasteiger partial charge in [-0.25, -0.2) is 0 Å². The van der Waals surface area contributed by atoms with Crippen molar-refractivity contribution in [2.75, 3.05) is 13.7 Å². The van der Waals surface area contributed by atoms with E-state index in [-0.39, 0.29) is 12.4 Å². The van der Waals surface area contributed by atoms with Crippen LogP contribution in [0.2, 0.25) is 0 Å². The van der Waals surface area contributed by atoms with Gasteiger partial charge in [0.15, 0.2) is 5.78 Å². The molecule has 4 heteroatoms. The predicted molar refractivity (Wildman–Crippen MR) is 65.9 cm³/mol. The first-order chi connectivity index (χ1) is 8.22. The van der Waals surface area contributed by atoms with E-state index in [2.05, 4.69) is 4.98 Å². The van der Waals surface area contributed by atoms with E-state index in [1.54, 1.807) is 18.3 Å². The zero-order valence-electron chi connectivity index (χ0n) is 9.59. The summed E-state index contributed by atoms with van der Waals surface area (Å²) in [6.07, 6.45) is 1.70. The molecule has 0 aliphatic carbocycles. The first-order valence-electron chi connectivity index (χ1n) is 5.36. The molecule has 1 atom stereocenters. The second-order valence-electron chi connectivity index (χ2n) is 3.84. The van der Waals surface area contributed by atoms with E-state index in [9.17, 15) is 4.79 Å². The number of rotatable bonds is 4. The molecule has 0 bridgehead atoms. The molecule has 0 saturated heterocycles. The van der Waals surface area contributed by atoms with Crippen molar-refractivity contribution in [3.63, 3.8) is 0 Å². The Labute approximate surface area is 99.4 Å². The van der Waals surface area contributed by atoms with Gasteiger partial charge in [0, 0.05) is 24.3 Å². The molecule has 0 saturated carbocycles. The number of methoxy groups -OCH3 is 1. The molecule has 2 aromatic rings. The number of aromatic nitrogens is 1. The molecule has 1 aromatic heterocycles. The van der Waals surface area contributed by atoms with Gasteiger partial charge in [0.05, 0.1) is 18.2 Å². The standard InChI is InChI=1S/C13H14N2O2/c1-17-8-11(14)13(16)10-5-4-9-3-2-6-15-12(9)7-10/h2-7,11H,8,14H2,1H3. The van der Waals surface area contributed by atoms with Gasteiger partial charge in [-0.05, 0) is 12.1 Å². The van der Waals surface area contributed by atoms with Crippen LogP contribution in [0.3, 0.4) is 0 Å². The number of Topliss-reactive ketones (excluding diaryl/α,β-unsaturated/α-hetero) is 1. The number of hydrogen-bond acceptors (Lipinski definition) is 4. The van der Waals surface area contributed by atoms with Gasteiger partial charge in [-0.3, -0.25) is 9.78 Å². The molecule has 0 radical (unpaired) electrons. The van der Waals surface area contributed by atoms with E-state index >= 15 is 0 Å². The lowest BCUT2D eigenvalue weighted by atomic mass is 10.0.